The van der Waals surface area contributed by atoms with E-state index in [1.807, 2.05) is 6.07 Å². The second kappa shape index (κ2) is 4.43. The van der Waals surface area contributed by atoms with Crippen molar-refractivity contribution in [3.05, 3.63) is 23.8 Å². The molecule has 2 aromatic rings. The number of rotatable bonds is 4. The first-order valence-electron chi connectivity index (χ1n) is 5.47. The highest BCUT2D eigenvalue weighted by Crippen LogP contribution is 2.14. The topological polar surface area (TPSA) is 38.9 Å². The number of aryl methyl sites for hydroxylation is 1. The predicted octanol–water partition coefficient (Wildman–Crippen LogP) is 3.20. The molecule has 1 heterocycles. The lowest BCUT2D eigenvalue weighted by molar-refractivity contribution is 0.315. The molecule has 1 aromatic heterocycles. The van der Waals surface area contributed by atoms with E-state index in [-0.39, 0.29) is 0 Å². The van der Waals surface area contributed by atoms with Gasteiger partial charge in [-0.05, 0) is 46.8 Å². The van der Waals surface area contributed by atoms with Crippen LogP contribution in [0.3, 0.4) is 0 Å². The minimum atomic E-state index is 0.780. The Balaban J connectivity index is 2.02. The summed E-state index contributed by atoms with van der Waals surface area (Å²) in [7, 11) is 0. The van der Waals surface area contributed by atoms with Crippen LogP contribution in [0.25, 0.3) is 11.0 Å². The second-order valence-corrected chi connectivity index (χ2v) is 4.37. The Kier molecular flexibility index (Phi) is 2.99. The van der Waals surface area contributed by atoms with Crippen molar-refractivity contribution in [1.29, 1.82) is 0 Å². The molecule has 0 fully saturated rings. The quantitative estimate of drug-likeness (QED) is 0.767. The van der Waals surface area contributed by atoms with Crippen LogP contribution in [0.15, 0.2) is 22.8 Å². The van der Waals surface area contributed by atoms with E-state index < -0.39 is 0 Å². The first-order chi connectivity index (χ1) is 7.25. The summed E-state index contributed by atoms with van der Waals surface area (Å²) in [4.78, 5) is 0. The Morgan fingerprint density at radius 3 is 2.80 bits per heavy atom. The molecule has 80 valence electrons. The molecule has 15 heavy (non-hydrogen) atoms. The summed E-state index contributed by atoms with van der Waals surface area (Å²) in [5.41, 5.74) is 3.01. The summed E-state index contributed by atoms with van der Waals surface area (Å²) in [5, 5.41) is 7.62. The third-order valence-electron chi connectivity index (χ3n) is 2.57. The summed E-state index contributed by atoms with van der Waals surface area (Å²) in [6.07, 6.45) is 3.62. The lowest BCUT2D eigenvalue weighted by atomic mass is 10.0. The van der Waals surface area contributed by atoms with Gasteiger partial charge in [-0.2, -0.15) is 0 Å². The lowest BCUT2D eigenvalue weighted by Crippen LogP contribution is -1.90. The van der Waals surface area contributed by atoms with E-state index in [0.29, 0.717) is 0 Å². The molecule has 3 heteroatoms. The van der Waals surface area contributed by atoms with Gasteiger partial charge in [-0.25, -0.2) is 4.63 Å². The van der Waals surface area contributed by atoms with Gasteiger partial charge in [-0.1, -0.05) is 26.3 Å². The van der Waals surface area contributed by atoms with Gasteiger partial charge in [0.05, 0.1) is 0 Å². The maximum Gasteiger partial charge on any atom is 0.135 e. The fourth-order valence-corrected chi connectivity index (χ4v) is 1.70. The molecule has 1 aromatic carbocycles. The molecule has 0 N–H and O–H groups in total. The molecule has 0 spiro atoms. The summed E-state index contributed by atoms with van der Waals surface area (Å²) in [6.45, 7) is 4.51. The molecule has 0 radical (unpaired) electrons. The molecule has 3 nitrogen and oxygen atoms in total. The molecule has 0 atom stereocenters. The number of nitrogens with zero attached hydrogens (tertiary/aromatic N) is 2. The maximum absolute atomic E-state index is 4.66. The highest BCUT2D eigenvalue weighted by atomic mass is 16.6. The summed E-state index contributed by atoms with van der Waals surface area (Å²) in [5.74, 6) is 0.780. The predicted molar refractivity (Wildman–Crippen MR) is 59.6 cm³/mol. The molecule has 2 rings (SSSR count). The molecule has 0 aliphatic carbocycles. The number of hydrogen-bond acceptors (Lipinski definition) is 3. The minimum absolute atomic E-state index is 0.780. The zero-order valence-corrected chi connectivity index (χ0v) is 9.23. The largest absolute Gasteiger partial charge is 0.243 e. The molecule has 0 bridgehead atoms. The van der Waals surface area contributed by atoms with Gasteiger partial charge >= 0.3 is 0 Å². The number of aromatic nitrogens is 2. The monoisotopic (exact) mass is 204 g/mol. The van der Waals surface area contributed by atoms with E-state index in [4.69, 9.17) is 0 Å². The van der Waals surface area contributed by atoms with Crippen molar-refractivity contribution >= 4 is 11.0 Å². The fraction of sp³-hybridized carbons (Fsp3) is 0.500. The van der Waals surface area contributed by atoms with Crippen LogP contribution in [0.2, 0.25) is 0 Å². The molecular formula is C12H16N2O. The minimum Gasteiger partial charge on any atom is -0.243 e. The normalized spacial score (nSPS) is 11.4. The van der Waals surface area contributed by atoms with Crippen molar-refractivity contribution in [2.45, 2.75) is 33.1 Å². The van der Waals surface area contributed by atoms with E-state index in [2.05, 4.69) is 40.9 Å². The molecule has 0 aliphatic heterocycles. The second-order valence-electron chi connectivity index (χ2n) is 4.37. The molecule has 0 unspecified atom stereocenters. The summed E-state index contributed by atoms with van der Waals surface area (Å²) >= 11 is 0. The van der Waals surface area contributed by atoms with E-state index in [1.54, 1.807) is 0 Å². The zero-order valence-electron chi connectivity index (χ0n) is 9.23. The highest BCUT2D eigenvalue weighted by Gasteiger charge is 2.02. The number of hydrogen-bond donors (Lipinski definition) is 0. The van der Waals surface area contributed by atoms with Gasteiger partial charge in [0.2, 0.25) is 0 Å². The number of benzene rings is 1. The van der Waals surface area contributed by atoms with E-state index in [0.717, 1.165) is 23.4 Å². The van der Waals surface area contributed by atoms with Crippen LogP contribution in [0.4, 0.5) is 0 Å². The number of fused-ring (bicyclic) bond motifs is 1. The first kappa shape index (κ1) is 10.1. The highest BCUT2D eigenvalue weighted by molar-refractivity contribution is 5.73. The third kappa shape index (κ3) is 2.55. The Hall–Kier alpha value is -1.38. The van der Waals surface area contributed by atoms with Crippen LogP contribution in [-0.4, -0.2) is 10.3 Å². The van der Waals surface area contributed by atoms with Crippen LogP contribution in [0.5, 0.6) is 0 Å². The Labute approximate surface area is 89.4 Å². The standard InChI is InChI=1S/C12H16N2O/c1-9(2)4-3-5-10-6-7-11-12(8-10)14-15-13-11/h6-9H,3-5H2,1-2H3. The first-order valence-corrected chi connectivity index (χ1v) is 5.47. The van der Waals surface area contributed by atoms with Crippen LogP contribution in [-0.2, 0) is 6.42 Å². The van der Waals surface area contributed by atoms with Crippen LogP contribution in [0, 0.1) is 5.92 Å². The average molecular weight is 204 g/mol. The SMILES string of the molecule is CC(C)CCCc1ccc2nonc2c1. The van der Waals surface area contributed by atoms with Gasteiger partial charge in [0, 0.05) is 0 Å². The smallest absolute Gasteiger partial charge is 0.135 e. The van der Waals surface area contributed by atoms with Crippen LogP contribution < -0.4 is 0 Å². The van der Waals surface area contributed by atoms with Crippen molar-refractivity contribution in [2.24, 2.45) is 5.92 Å². The fourth-order valence-electron chi connectivity index (χ4n) is 1.70. The molecule has 0 saturated carbocycles. The third-order valence-corrected chi connectivity index (χ3v) is 2.57. The molecular weight excluding hydrogens is 188 g/mol. The Bertz CT molecular complexity index is 434. The van der Waals surface area contributed by atoms with Crippen molar-refractivity contribution in [3.8, 4) is 0 Å². The van der Waals surface area contributed by atoms with E-state index in [1.165, 1.54) is 18.4 Å². The Morgan fingerprint density at radius 1 is 1.20 bits per heavy atom. The van der Waals surface area contributed by atoms with Crippen LogP contribution >= 0.6 is 0 Å². The lowest BCUT2D eigenvalue weighted by Gasteiger charge is -2.03. The maximum atomic E-state index is 4.66. The molecule has 0 saturated heterocycles. The van der Waals surface area contributed by atoms with Gasteiger partial charge in [0.15, 0.2) is 0 Å². The van der Waals surface area contributed by atoms with Crippen molar-refractivity contribution in [1.82, 2.24) is 10.3 Å². The molecule has 0 amide bonds. The van der Waals surface area contributed by atoms with Crippen molar-refractivity contribution in [3.63, 3.8) is 0 Å². The summed E-state index contributed by atoms with van der Waals surface area (Å²) < 4.78 is 4.66. The van der Waals surface area contributed by atoms with Gasteiger partial charge in [-0.15, -0.1) is 0 Å². The van der Waals surface area contributed by atoms with Gasteiger partial charge in [0.1, 0.15) is 11.0 Å². The molecule has 0 aliphatic rings. The van der Waals surface area contributed by atoms with E-state index >= 15 is 0 Å². The van der Waals surface area contributed by atoms with Crippen LogP contribution in [0.1, 0.15) is 32.3 Å². The van der Waals surface area contributed by atoms with E-state index in [9.17, 15) is 0 Å². The van der Waals surface area contributed by atoms with Crippen molar-refractivity contribution < 1.29 is 4.63 Å². The van der Waals surface area contributed by atoms with Gasteiger partial charge in [0.25, 0.3) is 0 Å². The Morgan fingerprint density at radius 2 is 2.00 bits per heavy atom. The zero-order chi connectivity index (χ0) is 10.7. The van der Waals surface area contributed by atoms with Gasteiger partial charge in [-0.3, -0.25) is 0 Å². The van der Waals surface area contributed by atoms with Crippen molar-refractivity contribution in [2.75, 3.05) is 0 Å². The average Bonchev–Trinajstić information content (AvgIpc) is 2.64. The summed E-state index contributed by atoms with van der Waals surface area (Å²) in [6, 6.07) is 6.13. The van der Waals surface area contributed by atoms with Gasteiger partial charge < -0.3 is 0 Å².